The van der Waals surface area contributed by atoms with Crippen LogP contribution in [0.15, 0.2) is 48.5 Å². The Kier molecular flexibility index (Phi) is 4.94. The molecule has 2 aliphatic heterocycles. The Balaban J connectivity index is 1.64. The number of hydrogen-bond acceptors (Lipinski definition) is 3. The van der Waals surface area contributed by atoms with Gasteiger partial charge in [0.2, 0.25) is 0 Å². The van der Waals surface area contributed by atoms with Crippen molar-refractivity contribution >= 4 is 11.9 Å². The van der Waals surface area contributed by atoms with Gasteiger partial charge in [-0.2, -0.15) is 0 Å². The van der Waals surface area contributed by atoms with Crippen LogP contribution in [0.3, 0.4) is 0 Å². The summed E-state index contributed by atoms with van der Waals surface area (Å²) < 4.78 is 0. The third-order valence-electron chi connectivity index (χ3n) is 6.28. The molecule has 0 saturated carbocycles. The highest BCUT2D eigenvalue weighted by molar-refractivity contribution is 5.98. The summed E-state index contributed by atoms with van der Waals surface area (Å²) in [7, 11) is 0. The molecule has 4 rings (SSSR count). The number of hydrogen-bond donors (Lipinski definition) is 2. The predicted molar refractivity (Wildman–Crippen MR) is 108 cm³/mol. The molecule has 5 nitrogen and oxygen atoms in total. The van der Waals surface area contributed by atoms with Crippen LogP contribution in [0, 0.1) is 12.3 Å². The Morgan fingerprint density at radius 1 is 1.11 bits per heavy atom. The molecule has 0 unspecified atom stereocenters. The minimum Gasteiger partial charge on any atom is -0.480 e. The first-order chi connectivity index (χ1) is 13.5. The molecule has 146 valence electrons. The van der Waals surface area contributed by atoms with Crippen LogP contribution >= 0.6 is 0 Å². The summed E-state index contributed by atoms with van der Waals surface area (Å²) in [5.74, 6) is -1.09. The number of likely N-dealkylation sites (tertiary alicyclic amines) is 1. The average molecular weight is 378 g/mol. The summed E-state index contributed by atoms with van der Waals surface area (Å²) in [6.45, 7) is 4.35. The van der Waals surface area contributed by atoms with Crippen molar-refractivity contribution in [3.05, 3.63) is 59.7 Å². The highest BCUT2D eigenvalue weighted by Gasteiger charge is 2.49. The second-order valence-corrected chi connectivity index (χ2v) is 8.14. The van der Waals surface area contributed by atoms with Gasteiger partial charge in [0.25, 0.3) is 5.91 Å². The summed E-state index contributed by atoms with van der Waals surface area (Å²) >= 11 is 0. The van der Waals surface area contributed by atoms with Crippen LogP contribution in [0.4, 0.5) is 0 Å². The molecule has 1 spiro atoms. The number of carbonyl (C=O) groups is 2. The molecule has 2 aromatic carbocycles. The van der Waals surface area contributed by atoms with Gasteiger partial charge in [0.15, 0.2) is 0 Å². The van der Waals surface area contributed by atoms with Gasteiger partial charge in [-0.25, -0.2) is 4.79 Å². The SMILES string of the molecule is Cc1ccccc1-c1cccc(C(=O)N2CC3(CCNCC3)C[C@@H]2C(=O)O)c1. The molecule has 0 aliphatic carbocycles. The molecule has 5 heteroatoms. The van der Waals surface area contributed by atoms with E-state index in [0.29, 0.717) is 18.5 Å². The monoisotopic (exact) mass is 378 g/mol. The van der Waals surface area contributed by atoms with E-state index in [4.69, 9.17) is 0 Å². The first-order valence-corrected chi connectivity index (χ1v) is 9.90. The first kappa shape index (κ1) is 18.7. The molecule has 2 N–H and O–H groups in total. The molecule has 1 amide bonds. The minimum atomic E-state index is -0.904. The van der Waals surface area contributed by atoms with Crippen LogP contribution in [0.2, 0.25) is 0 Å². The van der Waals surface area contributed by atoms with Crippen molar-refractivity contribution in [2.75, 3.05) is 19.6 Å². The minimum absolute atomic E-state index is 0.0718. The molecule has 2 aliphatic rings. The molecule has 28 heavy (non-hydrogen) atoms. The van der Waals surface area contributed by atoms with Gasteiger partial charge in [0.1, 0.15) is 6.04 Å². The molecule has 2 saturated heterocycles. The van der Waals surface area contributed by atoms with E-state index in [1.165, 1.54) is 0 Å². The lowest BCUT2D eigenvalue weighted by atomic mass is 9.77. The van der Waals surface area contributed by atoms with E-state index in [9.17, 15) is 14.7 Å². The lowest BCUT2D eigenvalue weighted by molar-refractivity contribution is -0.141. The van der Waals surface area contributed by atoms with Gasteiger partial charge in [-0.1, -0.05) is 36.4 Å². The number of benzene rings is 2. The van der Waals surface area contributed by atoms with Crippen molar-refractivity contribution < 1.29 is 14.7 Å². The number of carboxylic acid groups (broad SMARTS) is 1. The Morgan fingerprint density at radius 3 is 2.57 bits per heavy atom. The van der Waals surface area contributed by atoms with Gasteiger partial charge in [0, 0.05) is 12.1 Å². The molecule has 2 aromatic rings. The zero-order valence-corrected chi connectivity index (χ0v) is 16.1. The summed E-state index contributed by atoms with van der Waals surface area (Å²) in [5.41, 5.74) is 3.69. The van der Waals surface area contributed by atoms with E-state index in [-0.39, 0.29) is 11.3 Å². The van der Waals surface area contributed by atoms with Gasteiger partial charge in [-0.3, -0.25) is 4.79 Å². The largest absolute Gasteiger partial charge is 0.480 e. The van der Waals surface area contributed by atoms with Crippen molar-refractivity contribution in [3.63, 3.8) is 0 Å². The van der Waals surface area contributed by atoms with Crippen LogP contribution in [-0.4, -0.2) is 47.6 Å². The van der Waals surface area contributed by atoms with Crippen LogP contribution in [-0.2, 0) is 4.79 Å². The maximum Gasteiger partial charge on any atom is 0.326 e. The fourth-order valence-electron chi connectivity index (χ4n) is 4.69. The van der Waals surface area contributed by atoms with Crippen molar-refractivity contribution in [2.24, 2.45) is 5.41 Å². The fourth-order valence-corrected chi connectivity index (χ4v) is 4.69. The number of nitrogens with one attached hydrogen (secondary N) is 1. The van der Waals surface area contributed by atoms with E-state index in [0.717, 1.165) is 42.6 Å². The summed E-state index contributed by atoms with van der Waals surface area (Å²) in [4.78, 5) is 26.8. The number of nitrogens with zero attached hydrogens (tertiary/aromatic N) is 1. The van der Waals surface area contributed by atoms with E-state index in [1.54, 1.807) is 11.0 Å². The maximum atomic E-state index is 13.3. The first-order valence-electron chi connectivity index (χ1n) is 9.90. The molecule has 2 heterocycles. The molecular weight excluding hydrogens is 352 g/mol. The van der Waals surface area contributed by atoms with E-state index in [2.05, 4.69) is 5.32 Å². The number of carboxylic acids is 1. The van der Waals surface area contributed by atoms with Gasteiger partial charge in [0.05, 0.1) is 0 Å². The summed E-state index contributed by atoms with van der Waals surface area (Å²) in [6, 6.07) is 14.9. The normalized spacial score (nSPS) is 21.0. The summed E-state index contributed by atoms with van der Waals surface area (Å²) in [5, 5.41) is 13.1. The second kappa shape index (κ2) is 7.40. The quantitative estimate of drug-likeness (QED) is 0.860. The zero-order valence-electron chi connectivity index (χ0n) is 16.1. The number of aryl methyl sites for hydroxylation is 1. The Labute approximate surface area is 165 Å². The molecular formula is C23H26N2O3. The molecule has 0 radical (unpaired) electrons. The Hall–Kier alpha value is -2.66. The number of piperidine rings is 1. The van der Waals surface area contributed by atoms with Crippen LogP contribution < -0.4 is 5.32 Å². The van der Waals surface area contributed by atoms with E-state index >= 15 is 0 Å². The maximum absolute atomic E-state index is 13.3. The van der Waals surface area contributed by atoms with Crippen molar-refractivity contribution in [3.8, 4) is 11.1 Å². The third-order valence-corrected chi connectivity index (χ3v) is 6.28. The topological polar surface area (TPSA) is 69.6 Å². The Bertz CT molecular complexity index is 902. The molecule has 1 atom stereocenters. The van der Waals surface area contributed by atoms with Gasteiger partial charge >= 0.3 is 5.97 Å². The number of amides is 1. The fraction of sp³-hybridized carbons (Fsp3) is 0.391. The highest BCUT2D eigenvalue weighted by atomic mass is 16.4. The van der Waals surface area contributed by atoms with Crippen LogP contribution in [0.25, 0.3) is 11.1 Å². The zero-order chi connectivity index (χ0) is 19.7. The summed E-state index contributed by atoms with van der Waals surface area (Å²) in [6.07, 6.45) is 2.39. The van der Waals surface area contributed by atoms with Crippen LogP contribution in [0.1, 0.15) is 35.2 Å². The van der Waals surface area contributed by atoms with Crippen molar-refractivity contribution in [2.45, 2.75) is 32.2 Å². The van der Waals surface area contributed by atoms with Gasteiger partial charge in [-0.05, 0) is 73.5 Å². The lowest BCUT2D eigenvalue weighted by Crippen LogP contribution is -2.41. The smallest absolute Gasteiger partial charge is 0.326 e. The molecule has 0 aromatic heterocycles. The average Bonchev–Trinajstić information content (AvgIpc) is 3.07. The lowest BCUT2D eigenvalue weighted by Gasteiger charge is -2.33. The third kappa shape index (κ3) is 3.42. The predicted octanol–water partition coefficient (Wildman–Crippen LogP) is 3.33. The highest BCUT2D eigenvalue weighted by Crippen LogP contribution is 2.42. The standard InChI is InChI=1S/C23H26N2O3/c1-16-5-2-3-8-19(16)17-6-4-7-18(13-17)21(26)25-15-23(9-11-24-12-10-23)14-20(25)22(27)28/h2-8,13,20,24H,9-12,14-15H2,1H3,(H,27,28)/t20-/m1/s1. The number of aliphatic carboxylic acids is 1. The van der Waals surface area contributed by atoms with Gasteiger partial charge < -0.3 is 15.3 Å². The number of rotatable bonds is 3. The molecule has 0 bridgehead atoms. The van der Waals surface area contributed by atoms with Crippen molar-refractivity contribution in [1.29, 1.82) is 0 Å². The van der Waals surface area contributed by atoms with Crippen molar-refractivity contribution in [1.82, 2.24) is 10.2 Å². The molecule has 2 fully saturated rings. The Morgan fingerprint density at radius 2 is 1.86 bits per heavy atom. The second-order valence-electron chi connectivity index (χ2n) is 8.14. The number of carbonyl (C=O) groups excluding carboxylic acids is 1. The van der Waals surface area contributed by atoms with E-state index in [1.807, 2.05) is 49.4 Å². The van der Waals surface area contributed by atoms with Gasteiger partial charge in [-0.15, -0.1) is 0 Å². The van der Waals surface area contributed by atoms with Crippen LogP contribution in [0.5, 0.6) is 0 Å². The van der Waals surface area contributed by atoms with E-state index < -0.39 is 12.0 Å².